The number of hydrogen-bond acceptors (Lipinski definition) is 6. The molecule has 1 aliphatic rings. The Balaban J connectivity index is 1.72. The van der Waals surface area contributed by atoms with Crippen molar-refractivity contribution in [2.75, 3.05) is 25.1 Å². The lowest BCUT2D eigenvalue weighted by Crippen LogP contribution is -2.36. The minimum Gasteiger partial charge on any atom is -0.497 e. The molecule has 0 saturated heterocycles. The molecule has 3 aromatic rings. The summed E-state index contributed by atoms with van der Waals surface area (Å²) in [5.41, 5.74) is 3.45. The van der Waals surface area contributed by atoms with E-state index in [2.05, 4.69) is 4.99 Å². The number of thiophene rings is 2. The molecule has 3 heterocycles. The fourth-order valence-electron chi connectivity index (χ4n) is 3.29. The Hall–Kier alpha value is -2.77. The van der Waals surface area contributed by atoms with E-state index in [1.807, 2.05) is 31.4 Å². The Morgan fingerprint density at radius 3 is 2.62 bits per heavy atom. The number of hydrogen-bond donors (Lipinski definition) is 0. The third kappa shape index (κ3) is 3.63. The summed E-state index contributed by atoms with van der Waals surface area (Å²) in [6.45, 7) is 4.11. The SMILES string of the molecule is COc1ccc(C(=O)CN2C(=O)CN=C(c3cccs3)c3c2sc(C)c3C)cc1. The van der Waals surface area contributed by atoms with Crippen molar-refractivity contribution in [3.8, 4) is 5.75 Å². The predicted molar refractivity (Wildman–Crippen MR) is 118 cm³/mol. The van der Waals surface area contributed by atoms with Gasteiger partial charge in [0.2, 0.25) is 5.91 Å². The number of nitrogens with zero attached hydrogens (tertiary/aromatic N) is 2. The van der Waals surface area contributed by atoms with Gasteiger partial charge in [-0.05, 0) is 55.1 Å². The molecule has 0 saturated carbocycles. The highest BCUT2D eigenvalue weighted by atomic mass is 32.1. The number of ketones is 1. The molecule has 0 radical (unpaired) electrons. The molecular weight excluding hydrogens is 404 g/mol. The van der Waals surface area contributed by atoms with E-state index in [4.69, 9.17) is 4.74 Å². The van der Waals surface area contributed by atoms with Crippen LogP contribution in [0.25, 0.3) is 0 Å². The number of carbonyl (C=O) groups is 2. The summed E-state index contributed by atoms with van der Waals surface area (Å²) < 4.78 is 5.15. The maximum Gasteiger partial charge on any atom is 0.249 e. The fraction of sp³-hybridized carbons (Fsp3) is 0.227. The summed E-state index contributed by atoms with van der Waals surface area (Å²) in [4.78, 5) is 34.2. The average Bonchev–Trinajstić information content (AvgIpc) is 3.33. The Morgan fingerprint density at radius 2 is 1.97 bits per heavy atom. The Morgan fingerprint density at radius 1 is 1.21 bits per heavy atom. The molecule has 1 aromatic carbocycles. The number of aliphatic imine (C=N–C) groups is 1. The average molecular weight is 425 g/mol. The zero-order valence-electron chi connectivity index (χ0n) is 16.4. The second kappa shape index (κ2) is 7.93. The molecule has 2 aromatic heterocycles. The van der Waals surface area contributed by atoms with Crippen LogP contribution < -0.4 is 9.64 Å². The number of amides is 1. The first-order chi connectivity index (χ1) is 14.0. The van der Waals surface area contributed by atoms with Gasteiger partial charge in [-0.1, -0.05) is 6.07 Å². The number of rotatable bonds is 5. The van der Waals surface area contributed by atoms with Crippen molar-refractivity contribution in [1.82, 2.24) is 0 Å². The van der Waals surface area contributed by atoms with Crippen LogP contribution >= 0.6 is 22.7 Å². The molecule has 1 aliphatic heterocycles. The molecule has 0 N–H and O–H groups in total. The van der Waals surface area contributed by atoms with Crippen molar-refractivity contribution in [2.24, 2.45) is 4.99 Å². The van der Waals surface area contributed by atoms with Crippen molar-refractivity contribution in [3.05, 3.63) is 68.2 Å². The van der Waals surface area contributed by atoms with Crippen LogP contribution in [0, 0.1) is 13.8 Å². The summed E-state index contributed by atoms with van der Waals surface area (Å²) in [5.74, 6) is 0.407. The van der Waals surface area contributed by atoms with Gasteiger partial charge in [-0.15, -0.1) is 22.7 Å². The summed E-state index contributed by atoms with van der Waals surface area (Å²) in [6.07, 6.45) is 0. The van der Waals surface area contributed by atoms with Crippen molar-refractivity contribution < 1.29 is 14.3 Å². The number of methoxy groups -OCH3 is 1. The highest BCUT2D eigenvalue weighted by Gasteiger charge is 2.31. The van der Waals surface area contributed by atoms with Gasteiger partial charge in [0, 0.05) is 16.0 Å². The molecule has 5 nitrogen and oxygen atoms in total. The van der Waals surface area contributed by atoms with Gasteiger partial charge in [-0.2, -0.15) is 0 Å². The highest BCUT2D eigenvalue weighted by Crippen LogP contribution is 2.39. The van der Waals surface area contributed by atoms with E-state index in [0.29, 0.717) is 11.3 Å². The minimum atomic E-state index is -0.166. The van der Waals surface area contributed by atoms with Gasteiger partial charge >= 0.3 is 0 Å². The second-order valence-corrected chi connectivity index (χ2v) is 8.89. The smallest absolute Gasteiger partial charge is 0.249 e. The number of ether oxygens (including phenoxy) is 1. The first kappa shape index (κ1) is 19.5. The van der Waals surface area contributed by atoms with Gasteiger partial charge < -0.3 is 4.74 Å². The maximum absolute atomic E-state index is 12.9. The molecule has 0 atom stereocenters. The van der Waals surface area contributed by atoms with E-state index in [1.54, 1.807) is 58.9 Å². The zero-order chi connectivity index (χ0) is 20.5. The van der Waals surface area contributed by atoms with E-state index in [1.165, 1.54) is 0 Å². The number of aryl methyl sites for hydroxylation is 1. The van der Waals surface area contributed by atoms with Gasteiger partial charge in [0.25, 0.3) is 0 Å². The van der Waals surface area contributed by atoms with Crippen molar-refractivity contribution >= 4 is 45.1 Å². The number of Topliss-reactive ketones (excluding diaryl/α,β-unsaturated/α-hetero) is 1. The van der Waals surface area contributed by atoms with Crippen LogP contribution in [0.4, 0.5) is 5.00 Å². The largest absolute Gasteiger partial charge is 0.497 e. The third-order valence-electron chi connectivity index (χ3n) is 4.99. The number of benzene rings is 1. The molecule has 0 fully saturated rings. The number of fused-ring (bicyclic) bond motifs is 1. The summed E-state index contributed by atoms with van der Waals surface area (Å²) in [7, 11) is 1.58. The van der Waals surface area contributed by atoms with Crippen molar-refractivity contribution in [3.63, 3.8) is 0 Å². The van der Waals surface area contributed by atoms with Crippen LogP contribution in [-0.2, 0) is 4.79 Å². The number of anilines is 1. The first-order valence-corrected chi connectivity index (χ1v) is 10.9. The molecule has 0 bridgehead atoms. The predicted octanol–water partition coefficient (Wildman–Crippen LogP) is 4.50. The maximum atomic E-state index is 12.9. The van der Waals surface area contributed by atoms with Crippen LogP contribution in [0.2, 0.25) is 0 Å². The topological polar surface area (TPSA) is 59.0 Å². The van der Waals surface area contributed by atoms with Crippen LogP contribution in [0.3, 0.4) is 0 Å². The van der Waals surface area contributed by atoms with Gasteiger partial charge in [-0.3, -0.25) is 19.5 Å². The molecule has 1 amide bonds. The van der Waals surface area contributed by atoms with Crippen molar-refractivity contribution in [1.29, 1.82) is 0 Å². The molecule has 4 rings (SSSR count). The molecule has 7 heteroatoms. The Bertz CT molecular complexity index is 1100. The fourth-order valence-corrected chi connectivity index (χ4v) is 5.20. The van der Waals surface area contributed by atoms with Crippen LogP contribution in [0.15, 0.2) is 46.8 Å². The Kier molecular flexibility index (Phi) is 5.34. The summed E-state index contributed by atoms with van der Waals surface area (Å²) in [6, 6.07) is 10.9. The third-order valence-corrected chi connectivity index (χ3v) is 7.10. The van der Waals surface area contributed by atoms with E-state index in [0.717, 1.165) is 31.6 Å². The van der Waals surface area contributed by atoms with Crippen molar-refractivity contribution in [2.45, 2.75) is 13.8 Å². The second-order valence-electron chi connectivity index (χ2n) is 6.74. The lowest BCUT2D eigenvalue weighted by molar-refractivity contribution is -0.117. The van der Waals surface area contributed by atoms with Crippen LogP contribution in [0.5, 0.6) is 5.75 Å². The lowest BCUT2D eigenvalue weighted by Gasteiger charge is -2.20. The van der Waals surface area contributed by atoms with Gasteiger partial charge in [0.15, 0.2) is 5.78 Å². The first-order valence-electron chi connectivity index (χ1n) is 9.16. The molecule has 0 spiro atoms. The number of carbonyl (C=O) groups excluding carboxylic acids is 2. The van der Waals surface area contributed by atoms with Gasteiger partial charge in [-0.25, -0.2) is 0 Å². The summed E-state index contributed by atoms with van der Waals surface area (Å²) >= 11 is 3.15. The standard InChI is InChI=1S/C22H20N2O3S2/c1-13-14(2)29-22-20(13)21(18-5-4-10-28-18)23-11-19(26)24(22)12-17(25)15-6-8-16(27-3)9-7-15/h4-10H,11-12H2,1-3H3. The molecule has 0 aliphatic carbocycles. The summed E-state index contributed by atoms with van der Waals surface area (Å²) in [5, 5.41) is 2.81. The monoisotopic (exact) mass is 424 g/mol. The van der Waals surface area contributed by atoms with E-state index >= 15 is 0 Å². The molecule has 29 heavy (non-hydrogen) atoms. The molecule has 0 unspecified atom stereocenters. The van der Waals surface area contributed by atoms with Crippen LogP contribution in [0.1, 0.15) is 31.2 Å². The Labute approximate surface area is 177 Å². The lowest BCUT2D eigenvalue weighted by atomic mass is 10.0. The van der Waals surface area contributed by atoms with E-state index in [-0.39, 0.29) is 24.8 Å². The normalized spacial score (nSPS) is 13.7. The quantitative estimate of drug-likeness (QED) is 0.567. The molecular formula is C22H20N2O3S2. The van der Waals surface area contributed by atoms with Gasteiger partial charge in [0.1, 0.15) is 17.3 Å². The van der Waals surface area contributed by atoms with Crippen LogP contribution in [-0.4, -0.2) is 37.6 Å². The minimum absolute atomic E-state index is 0.00913. The van der Waals surface area contributed by atoms with E-state index in [9.17, 15) is 9.59 Å². The zero-order valence-corrected chi connectivity index (χ0v) is 18.0. The molecule has 148 valence electrons. The highest BCUT2D eigenvalue weighted by molar-refractivity contribution is 7.17. The van der Waals surface area contributed by atoms with Gasteiger partial charge in [0.05, 0.1) is 24.2 Å². The van der Waals surface area contributed by atoms with E-state index < -0.39 is 0 Å².